The summed E-state index contributed by atoms with van der Waals surface area (Å²) in [7, 11) is 0. The summed E-state index contributed by atoms with van der Waals surface area (Å²) in [5.74, 6) is 0.0892. The molecule has 0 aliphatic carbocycles. The van der Waals surface area contributed by atoms with Crippen LogP contribution in [0.2, 0.25) is 0 Å². The van der Waals surface area contributed by atoms with Crippen molar-refractivity contribution in [2.45, 2.75) is 6.92 Å². The molecule has 0 fully saturated rings. The number of para-hydroxylation sites is 1. The molecule has 3 rings (SSSR count). The molecule has 0 bridgehead atoms. The van der Waals surface area contributed by atoms with Crippen LogP contribution in [0.3, 0.4) is 0 Å². The number of carbonyl (C=O) groups is 1. The van der Waals surface area contributed by atoms with Gasteiger partial charge in [0.05, 0.1) is 22.5 Å². The van der Waals surface area contributed by atoms with Gasteiger partial charge in [-0.2, -0.15) is 0 Å². The molecule has 3 aromatic rings. The van der Waals surface area contributed by atoms with Crippen LogP contribution in [-0.2, 0) is 4.74 Å². The van der Waals surface area contributed by atoms with Crippen LogP contribution < -0.4 is 5.56 Å². The molecule has 2 aromatic heterocycles. The third kappa shape index (κ3) is 3.23. The zero-order valence-electron chi connectivity index (χ0n) is 12.7. The fourth-order valence-electron chi connectivity index (χ4n) is 2.14. The van der Waals surface area contributed by atoms with Gasteiger partial charge in [-0.05, 0) is 31.2 Å². The topological polar surface area (TPSA) is 85.2 Å². The van der Waals surface area contributed by atoms with E-state index in [2.05, 4.69) is 9.97 Å². The van der Waals surface area contributed by atoms with Crippen molar-refractivity contribution < 1.29 is 13.9 Å². The second-order valence-electron chi connectivity index (χ2n) is 4.85. The number of halogens is 1. The van der Waals surface area contributed by atoms with Gasteiger partial charge in [-0.3, -0.25) is 4.79 Å². The number of ether oxygens (including phenoxy) is 1. The fraction of sp³-hybridized carbons (Fsp3) is 0.118. The zero-order valence-corrected chi connectivity index (χ0v) is 13.5. The first-order valence-electron chi connectivity index (χ1n) is 7.22. The molecule has 0 radical (unpaired) electrons. The number of nitrogens with zero attached hydrogens (tertiary/aromatic N) is 1. The Labute approximate surface area is 141 Å². The summed E-state index contributed by atoms with van der Waals surface area (Å²) in [6.45, 7) is 1.97. The van der Waals surface area contributed by atoms with Gasteiger partial charge < -0.3 is 14.1 Å². The molecule has 0 aliphatic rings. The number of esters is 1. The van der Waals surface area contributed by atoms with E-state index in [-0.39, 0.29) is 28.8 Å². The van der Waals surface area contributed by atoms with Gasteiger partial charge in [0.25, 0.3) is 5.56 Å². The Morgan fingerprint density at radius 3 is 2.92 bits per heavy atom. The van der Waals surface area contributed by atoms with E-state index >= 15 is 0 Å². The lowest BCUT2D eigenvalue weighted by molar-refractivity contribution is 0.0489. The van der Waals surface area contributed by atoms with Gasteiger partial charge >= 0.3 is 5.97 Å². The van der Waals surface area contributed by atoms with Gasteiger partial charge in [0.15, 0.2) is 5.82 Å². The number of H-pyrrole nitrogens is 1. The van der Waals surface area contributed by atoms with E-state index in [0.29, 0.717) is 16.7 Å². The van der Waals surface area contributed by atoms with Gasteiger partial charge in [-0.15, -0.1) is 0 Å². The first kappa shape index (κ1) is 16.0. The lowest BCUT2D eigenvalue weighted by Crippen LogP contribution is -2.10. The first-order valence-corrected chi connectivity index (χ1v) is 7.60. The average Bonchev–Trinajstić information content (AvgIpc) is 3.03. The van der Waals surface area contributed by atoms with Crippen molar-refractivity contribution in [1.29, 1.82) is 0 Å². The molecule has 6 nitrogen and oxygen atoms in total. The summed E-state index contributed by atoms with van der Waals surface area (Å²) in [6.07, 6.45) is 1.47. The summed E-state index contributed by atoms with van der Waals surface area (Å²) in [5, 5.41) is 0.663. The standard InChI is InChI=1S/C17H13ClN2O4/c1-2-23-17(22)14-8-7-10(24-14)9-12(18)15-19-13-6-4-3-5-11(13)16(21)20-15/h3-9H,2H2,1H3,(H,19,20,21)/b12-9-. The molecule has 122 valence electrons. The molecule has 1 aromatic carbocycles. The molecule has 0 unspecified atom stereocenters. The quantitative estimate of drug-likeness (QED) is 0.733. The summed E-state index contributed by atoms with van der Waals surface area (Å²) in [5.41, 5.74) is 0.253. The number of hydrogen-bond acceptors (Lipinski definition) is 5. The van der Waals surface area contributed by atoms with Crippen LogP contribution in [0, 0.1) is 0 Å². The van der Waals surface area contributed by atoms with Gasteiger partial charge in [0, 0.05) is 6.08 Å². The smallest absolute Gasteiger partial charge is 0.374 e. The Morgan fingerprint density at radius 1 is 1.33 bits per heavy atom. The lowest BCUT2D eigenvalue weighted by atomic mass is 10.2. The monoisotopic (exact) mass is 344 g/mol. The normalized spacial score (nSPS) is 11.7. The van der Waals surface area contributed by atoms with E-state index in [1.807, 2.05) is 0 Å². The molecule has 24 heavy (non-hydrogen) atoms. The molecule has 0 saturated heterocycles. The Kier molecular flexibility index (Phi) is 4.48. The summed E-state index contributed by atoms with van der Waals surface area (Å²) in [6, 6.07) is 10.0. The van der Waals surface area contributed by atoms with Gasteiger partial charge in [-0.1, -0.05) is 23.7 Å². The van der Waals surface area contributed by atoms with Crippen molar-refractivity contribution in [3.05, 3.63) is 64.1 Å². The molecule has 0 aliphatic heterocycles. The summed E-state index contributed by atoms with van der Waals surface area (Å²) >= 11 is 6.22. The van der Waals surface area contributed by atoms with Gasteiger partial charge in [0.2, 0.25) is 5.76 Å². The minimum atomic E-state index is -0.550. The third-order valence-corrected chi connectivity index (χ3v) is 3.50. The predicted molar refractivity (Wildman–Crippen MR) is 90.8 cm³/mol. The second-order valence-corrected chi connectivity index (χ2v) is 5.25. The van der Waals surface area contributed by atoms with Crippen molar-refractivity contribution in [3.8, 4) is 0 Å². The Hall–Kier alpha value is -2.86. The second kappa shape index (κ2) is 6.72. The molecule has 1 N–H and O–H groups in total. The number of nitrogens with one attached hydrogen (secondary N) is 1. The lowest BCUT2D eigenvalue weighted by Gasteiger charge is -2.01. The Morgan fingerprint density at radius 2 is 2.12 bits per heavy atom. The molecule has 0 spiro atoms. The van der Waals surface area contributed by atoms with Gasteiger partial charge in [0.1, 0.15) is 5.76 Å². The van der Waals surface area contributed by atoms with Crippen molar-refractivity contribution >= 4 is 39.6 Å². The third-order valence-electron chi connectivity index (χ3n) is 3.21. The molecule has 0 saturated carbocycles. The number of furan rings is 1. The number of rotatable bonds is 4. The van der Waals surface area contributed by atoms with Crippen LogP contribution in [0.25, 0.3) is 22.0 Å². The SMILES string of the molecule is CCOC(=O)c1ccc(/C=C(\Cl)c2nc3ccccc3c(=O)[nH]2)o1. The van der Waals surface area contributed by atoms with Crippen LogP contribution in [0.5, 0.6) is 0 Å². The highest BCUT2D eigenvalue weighted by Crippen LogP contribution is 2.21. The minimum Gasteiger partial charge on any atom is -0.460 e. The van der Waals surface area contributed by atoms with Crippen molar-refractivity contribution in [1.82, 2.24) is 9.97 Å². The van der Waals surface area contributed by atoms with Crippen LogP contribution in [-0.4, -0.2) is 22.5 Å². The number of aromatic nitrogens is 2. The largest absolute Gasteiger partial charge is 0.460 e. The number of aromatic amines is 1. The number of fused-ring (bicyclic) bond motifs is 1. The highest BCUT2D eigenvalue weighted by Gasteiger charge is 2.12. The molecule has 0 atom stereocenters. The van der Waals surface area contributed by atoms with Crippen molar-refractivity contribution in [3.63, 3.8) is 0 Å². The molecule has 0 amide bonds. The highest BCUT2D eigenvalue weighted by atomic mass is 35.5. The summed E-state index contributed by atoms with van der Waals surface area (Å²) in [4.78, 5) is 30.6. The molecule has 7 heteroatoms. The maximum atomic E-state index is 12.1. The maximum Gasteiger partial charge on any atom is 0.374 e. The predicted octanol–water partition coefficient (Wildman–Crippen LogP) is 3.43. The van der Waals surface area contributed by atoms with Gasteiger partial charge in [-0.25, -0.2) is 9.78 Å². The van der Waals surface area contributed by atoms with Crippen LogP contribution in [0.15, 0.2) is 45.6 Å². The average molecular weight is 345 g/mol. The molecular formula is C17H13ClN2O4. The number of hydrogen-bond donors (Lipinski definition) is 1. The number of benzene rings is 1. The fourth-order valence-corrected chi connectivity index (χ4v) is 2.33. The first-order chi connectivity index (χ1) is 11.6. The van der Waals surface area contributed by atoms with Crippen LogP contribution in [0.1, 0.15) is 29.1 Å². The Bertz CT molecular complexity index is 987. The van der Waals surface area contributed by atoms with E-state index in [4.69, 9.17) is 20.8 Å². The van der Waals surface area contributed by atoms with Crippen LogP contribution in [0.4, 0.5) is 0 Å². The van der Waals surface area contributed by atoms with E-state index in [1.54, 1.807) is 37.3 Å². The maximum absolute atomic E-state index is 12.1. The molecular weight excluding hydrogens is 332 g/mol. The molecule has 2 heterocycles. The van der Waals surface area contributed by atoms with E-state index in [9.17, 15) is 9.59 Å². The Balaban J connectivity index is 1.94. The minimum absolute atomic E-state index is 0.0764. The zero-order chi connectivity index (χ0) is 17.1. The van der Waals surface area contributed by atoms with E-state index in [1.165, 1.54) is 12.1 Å². The van der Waals surface area contributed by atoms with Crippen LogP contribution >= 0.6 is 11.6 Å². The number of carbonyl (C=O) groups excluding carboxylic acids is 1. The van der Waals surface area contributed by atoms with E-state index < -0.39 is 5.97 Å². The van der Waals surface area contributed by atoms with Crippen molar-refractivity contribution in [2.24, 2.45) is 0 Å². The van der Waals surface area contributed by atoms with Crippen molar-refractivity contribution in [2.75, 3.05) is 6.61 Å². The summed E-state index contributed by atoms with van der Waals surface area (Å²) < 4.78 is 10.2. The van der Waals surface area contributed by atoms with E-state index in [0.717, 1.165) is 0 Å². The highest BCUT2D eigenvalue weighted by molar-refractivity contribution is 6.50.